The summed E-state index contributed by atoms with van der Waals surface area (Å²) < 4.78 is 12.2. The number of carbonyl (C=O) groups excluding carboxylic acids is 1. The molecule has 0 radical (unpaired) electrons. The second kappa shape index (κ2) is 9.77. The van der Waals surface area contributed by atoms with Crippen molar-refractivity contribution in [3.8, 4) is 22.7 Å². The van der Waals surface area contributed by atoms with E-state index >= 15 is 0 Å². The van der Waals surface area contributed by atoms with Gasteiger partial charge in [0.15, 0.2) is 0 Å². The van der Waals surface area contributed by atoms with Gasteiger partial charge in [-0.3, -0.25) is 4.79 Å². The summed E-state index contributed by atoms with van der Waals surface area (Å²) in [4.78, 5) is 15.4. The molecule has 0 aliphatic rings. The molecule has 0 bridgehead atoms. The van der Waals surface area contributed by atoms with Crippen molar-refractivity contribution in [3.63, 3.8) is 0 Å². The van der Waals surface area contributed by atoms with Crippen molar-refractivity contribution in [2.45, 2.75) is 13.8 Å². The van der Waals surface area contributed by atoms with Gasteiger partial charge in [-0.05, 0) is 68.5 Å². The van der Waals surface area contributed by atoms with Gasteiger partial charge in [0.05, 0.1) is 31.2 Å². The monoisotopic (exact) mass is 421 g/mol. The first-order chi connectivity index (χ1) is 14.5. The summed E-state index contributed by atoms with van der Waals surface area (Å²) in [6.45, 7) is 11.8. The van der Waals surface area contributed by atoms with Crippen LogP contribution in [0.4, 0.5) is 0 Å². The number of hydrogen-bond acceptors (Lipinski definition) is 4. The first kappa shape index (κ1) is 21.2. The molecule has 1 heterocycles. The predicted molar refractivity (Wildman–Crippen MR) is 116 cm³/mol. The number of nitrogens with zero attached hydrogens (tertiary/aromatic N) is 3. The zero-order chi connectivity index (χ0) is 21.5. The molecule has 0 amide bonds. The van der Waals surface area contributed by atoms with E-state index in [1.807, 2.05) is 43.3 Å². The number of hydrogen-bond donors (Lipinski definition) is 0. The fourth-order valence-electron chi connectivity index (χ4n) is 2.81. The molecule has 6 nitrogen and oxygen atoms in total. The van der Waals surface area contributed by atoms with E-state index in [4.69, 9.17) is 27.6 Å². The molecule has 0 saturated heterocycles. The van der Waals surface area contributed by atoms with E-state index in [0.29, 0.717) is 22.9 Å². The van der Waals surface area contributed by atoms with Crippen LogP contribution in [-0.4, -0.2) is 29.0 Å². The molecule has 7 heteroatoms. The van der Waals surface area contributed by atoms with Gasteiger partial charge in [0.1, 0.15) is 5.75 Å². The summed E-state index contributed by atoms with van der Waals surface area (Å²) in [7, 11) is 0. The summed E-state index contributed by atoms with van der Waals surface area (Å²) in [5.74, 6) is 0.0910. The third-order valence-electron chi connectivity index (χ3n) is 4.17. The van der Waals surface area contributed by atoms with Crippen molar-refractivity contribution < 1.29 is 14.3 Å². The van der Waals surface area contributed by atoms with Crippen LogP contribution in [0.2, 0.25) is 5.02 Å². The quantitative estimate of drug-likeness (QED) is 0.290. The van der Waals surface area contributed by atoms with Gasteiger partial charge in [0.25, 0.3) is 5.70 Å². The van der Waals surface area contributed by atoms with Crippen LogP contribution in [0.15, 0.2) is 60.4 Å². The average Bonchev–Trinajstić information content (AvgIpc) is 3.17. The Labute approximate surface area is 180 Å². The molecule has 0 unspecified atom stereocenters. The molecule has 2 aromatic carbocycles. The Kier molecular flexibility index (Phi) is 6.89. The first-order valence-corrected chi connectivity index (χ1v) is 9.78. The van der Waals surface area contributed by atoms with E-state index in [9.17, 15) is 4.79 Å². The Hall–Kier alpha value is -3.56. The van der Waals surface area contributed by atoms with Crippen LogP contribution in [0.5, 0.6) is 5.75 Å². The molecule has 0 fully saturated rings. The van der Waals surface area contributed by atoms with Crippen LogP contribution < -0.4 is 4.74 Å². The Balaban J connectivity index is 2.10. The van der Waals surface area contributed by atoms with Gasteiger partial charge in [-0.2, -0.15) is 5.10 Å². The SMILES string of the molecule is [C-]#[N+]/C(=C/c1cn(-c2ccc(Cl)cc2)nc1-c1ccc(OCC)cc1)C(=O)OCC. The smallest absolute Gasteiger partial charge is 0.336 e. The van der Waals surface area contributed by atoms with E-state index in [2.05, 4.69) is 9.94 Å². The minimum atomic E-state index is -0.663. The number of benzene rings is 2. The lowest BCUT2D eigenvalue weighted by Crippen LogP contribution is -2.04. The van der Waals surface area contributed by atoms with Crippen LogP contribution in [0.1, 0.15) is 19.4 Å². The minimum absolute atomic E-state index is 0.111. The molecular weight excluding hydrogens is 402 g/mol. The Bertz CT molecular complexity index is 1090. The topological polar surface area (TPSA) is 57.7 Å². The maximum absolute atomic E-state index is 12.1. The average molecular weight is 422 g/mol. The number of halogens is 1. The summed E-state index contributed by atoms with van der Waals surface area (Å²) in [5.41, 5.74) is 2.75. The Morgan fingerprint density at radius 1 is 1.13 bits per heavy atom. The van der Waals surface area contributed by atoms with Gasteiger partial charge in [-0.1, -0.05) is 11.6 Å². The van der Waals surface area contributed by atoms with Gasteiger partial charge >= 0.3 is 5.97 Å². The van der Waals surface area contributed by atoms with E-state index in [1.54, 1.807) is 29.9 Å². The molecule has 0 aliphatic heterocycles. The second-order valence-electron chi connectivity index (χ2n) is 6.17. The van der Waals surface area contributed by atoms with Crippen molar-refractivity contribution in [1.82, 2.24) is 9.78 Å². The van der Waals surface area contributed by atoms with Gasteiger partial charge in [0, 0.05) is 22.3 Å². The summed E-state index contributed by atoms with van der Waals surface area (Å²) in [6, 6.07) is 14.7. The van der Waals surface area contributed by atoms with Crippen molar-refractivity contribution in [3.05, 3.63) is 82.4 Å². The summed E-state index contributed by atoms with van der Waals surface area (Å²) in [5, 5.41) is 5.30. The highest BCUT2D eigenvalue weighted by Gasteiger charge is 2.16. The summed E-state index contributed by atoms with van der Waals surface area (Å²) >= 11 is 5.99. The largest absolute Gasteiger partial charge is 0.494 e. The highest BCUT2D eigenvalue weighted by molar-refractivity contribution is 6.30. The van der Waals surface area contributed by atoms with Crippen molar-refractivity contribution >= 4 is 23.6 Å². The molecule has 3 rings (SSSR count). The van der Waals surface area contributed by atoms with Crippen LogP contribution >= 0.6 is 11.6 Å². The third kappa shape index (κ3) is 4.88. The summed E-state index contributed by atoms with van der Waals surface area (Å²) in [6.07, 6.45) is 3.26. The number of ether oxygens (including phenoxy) is 2. The normalized spacial score (nSPS) is 11.1. The van der Waals surface area contributed by atoms with Crippen LogP contribution in [0, 0.1) is 6.57 Å². The highest BCUT2D eigenvalue weighted by Crippen LogP contribution is 2.28. The van der Waals surface area contributed by atoms with Crippen molar-refractivity contribution in [2.75, 3.05) is 13.2 Å². The minimum Gasteiger partial charge on any atom is -0.494 e. The van der Waals surface area contributed by atoms with E-state index < -0.39 is 5.97 Å². The number of esters is 1. The molecule has 3 aromatic rings. The predicted octanol–water partition coefficient (Wildman–Crippen LogP) is 5.41. The molecule has 0 spiro atoms. The molecule has 1 aromatic heterocycles. The van der Waals surface area contributed by atoms with Crippen molar-refractivity contribution in [2.24, 2.45) is 0 Å². The maximum Gasteiger partial charge on any atom is 0.336 e. The van der Waals surface area contributed by atoms with E-state index in [1.165, 1.54) is 6.08 Å². The van der Waals surface area contributed by atoms with Gasteiger partial charge < -0.3 is 9.47 Å². The Morgan fingerprint density at radius 3 is 2.43 bits per heavy atom. The standard InChI is InChI=1S/C23H20ClN3O3/c1-4-29-20-12-6-16(7-13-20)22-17(14-21(25-3)23(28)30-5-2)15-27(26-22)19-10-8-18(24)9-11-19/h6-15H,4-5H2,1-2H3/b21-14+. The highest BCUT2D eigenvalue weighted by atomic mass is 35.5. The number of aromatic nitrogens is 2. The first-order valence-electron chi connectivity index (χ1n) is 9.40. The fourth-order valence-corrected chi connectivity index (χ4v) is 2.93. The number of carbonyl (C=O) groups is 1. The molecule has 0 atom stereocenters. The third-order valence-corrected chi connectivity index (χ3v) is 4.42. The van der Waals surface area contributed by atoms with Gasteiger partial charge in [0.2, 0.25) is 0 Å². The molecular formula is C23H20ClN3O3. The van der Waals surface area contributed by atoms with E-state index in [0.717, 1.165) is 17.0 Å². The molecule has 30 heavy (non-hydrogen) atoms. The molecule has 0 N–H and O–H groups in total. The zero-order valence-electron chi connectivity index (χ0n) is 16.6. The van der Waals surface area contributed by atoms with E-state index in [-0.39, 0.29) is 12.3 Å². The zero-order valence-corrected chi connectivity index (χ0v) is 17.4. The molecule has 0 aliphatic carbocycles. The molecule has 0 saturated carbocycles. The molecule has 152 valence electrons. The van der Waals surface area contributed by atoms with Crippen LogP contribution in [-0.2, 0) is 9.53 Å². The van der Waals surface area contributed by atoms with Crippen LogP contribution in [0.25, 0.3) is 27.9 Å². The van der Waals surface area contributed by atoms with Gasteiger partial charge in [-0.15, -0.1) is 0 Å². The van der Waals surface area contributed by atoms with Crippen LogP contribution in [0.3, 0.4) is 0 Å². The maximum atomic E-state index is 12.1. The lowest BCUT2D eigenvalue weighted by atomic mass is 10.1. The lowest BCUT2D eigenvalue weighted by Gasteiger charge is -2.05. The fraction of sp³-hybridized carbons (Fsp3) is 0.174. The Morgan fingerprint density at radius 2 is 1.83 bits per heavy atom. The lowest BCUT2D eigenvalue weighted by molar-refractivity contribution is -0.138. The van der Waals surface area contributed by atoms with Crippen molar-refractivity contribution in [1.29, 1.82) is 0 Å². The number of rotatable bonds is 7. The van der Waals surface area contributed by atoms with Gasteiger partial charge in [-0.25, -0.2) is 9.53 Å². The second-order valence-corrected chi connectivity index (χ2v) is 6.61.